The van der Waals surface area contributed by atoms with Gasteiger partial charge in [0.05, 0.1) is 6.54 Å². The number of carbonyl (C=O) groups is 1. The Hall–Kier alpha value is -3.29. The smallest absolute Gasteiger partial charge is 0.319 e. The fourth-order valence-corrected chi connectivity index (χ4v) is 2.60. The molecule has 8 heteroatoms. The predicted molar refractivity (Wildman–Crippen MR) is 118 cm³/mol. The first-order valence-electron chi connectivity index (χ1n) is 9.89. The number of guanidine groups is 1. The number of benzene rings is 2. The van der Waals surface area contributed by atoms with E-state index in [1.54, 1.807) is 19.2 Å². The Morgan fingerprint density at radius 1 is 1.10 bits per heavy atom. The van der Waals surface area contributed by atoms with Crippen molar-refractivity contribution in [2.75, 3.05) is 18.9 Å². The summed E-state index contributed by atoms with van der Waals surface area (Å²) in [6.07, 6.45) is -0.173. The molecule has 7 nitrogen and oxygen atoms in total. The monoisotopic (exact) mass is 415 g/mol. The van der Waals surface area contributed by atoms with Crippen LogP contribution in [0.25, 0.3) is 0 Å². The number of aliphatic imine (C=N–C) groups is 1. The van der Waals surface area contributed by atoms with Crippen LogP contribution in [0.5, 0.6) is 5.75 Å². The van der Waals surface area contributed by atoms with E-state index in [1.165, 1.54) is 12.1 Å². The van der Waals surface area contributed by atoms with Crippen LogP contribution in [-0.2, 0) is 6.54 Å². The highest BCUT2D eigenvalue weighted by atomic mass is 19.1. The molecular formula is C22H30FN5O2. The Morgan fingerprint density at radius 2 is 1.83 bits per heavy atom. The maximum Gasteiger partial charge on any atom is 0.319 e. The zero-order valence-corrected chi connectivity index (χ0v) is 17.8. The van der Waals surface area contributed by atoms with Crippen LogP contribution in [0.2, 0.25) is 0 Å². The summed E-state index contributed by atoms with van der Waals surface area (Å²) in [5, 5.41) is 12.0. The number of nitrogens with one attached hydrogen (secondary N) is 4. The fourth-order valence-electron chi connectivity index (χ4n) is 2.60. The number of urea groups is 1. The number of halogens is 1. The van der Waals surface area contributed by atoms with Crippen LogP contribution in [0, 0.1) is 5.82 Å². The number of hydrogen-bond donors (Lipinski definition) is 4. The van der Waals surface area contributed by atoms with Crippen LogP contribution in [0.1, 0.15) is 26.3 Å². The molecule has 0 saturated heterocycles. The predicted octanol–water partition coefficient (Wildman–Crippen LogP) is 3.49. The van der Waals surface area contributed by atoms with E-state index in [2.05, 4.69) is 26.3 Å². The molecule has 0 saturated carbocycles. The van der Waals surface area contributed by atoms with Gasteiger partial charge in [-0.2, -0.15) is 0 Å². The van der Waals surface area contributed by atoms with Gasteiger partial charge in [0.2, 0.25) is 0 Å². The van der Waals surface area contributed by atoms with Crippen LogP contribution < -0.4 is 26.0 Å². The van der Waals surface area contributed by atoms with Crippen molar-refractivity contribution in [2.45, 2.75) is 39.5 Å². The lowest BCUT2D eigenvalue weighted by molar-refractivity contribution is 0.223. The molecule has 0 aromatic heterocycles. The molecule has 0 bridgehead atoms. The van der Waals surface area contributed by atoms with Gasteiger partial charge in [0.1, 0.15) is 17.7 Å². The van der Waals surface area contributed by atoms with Crippen LogP contribution >= 0.6 is 0 Å². The zero-order chi connectivity index (χ0) is 21.9. The van der Waals surface area contributed by atoms with Gasteiger partial charge < -0.3 is 26.0 Å². The zero-order valence-electron chi connectivity index (χ0n) is 17.8. The molecule has 0 fully saturated rings. The third kappa shape index (κ3) is 8.38. The van der Waals surface area contributed by atoms with Crippen LogP contribution in [-0.4, -0.2) is 37.7 Å². The average molecular weight is 416 g/mol. The van der Waals surface area contributed by atoms with Crippen molar-refractivity contribution >= 4 is 17.7 Å². The van der Waals surface area contributed by atoms with E-state index >= 15 is 0 Å². The second kappa shape index (κ2) is 11.6. The number of amides is 2. The van der Waals surface area contributed by atoms with Crippen molar-refractivity contribution in [3.8, 4) is 5.75 Å². The summed E-state index contributed by atoms with van der Waals surface area (Å²) in [7, 11) is 1.69. The van der Waals surface area contributed by atoms with Crippen molar-refractivity contribution in [1.29, 1.82) is 0 Å². The molecule has 2 rings (SSSR count). The molecule has 1 atom stereocenters. The molecule has 1 unspecified atom stereocenters. The molecule has 0 radical (unpaired) electrons. The SMILES string of the molecule is CN=C(NCc1ccc(NC(=O)NC(C)C)cc1)NCC(C)Oc1cccc(F)c1. The second-order valence-electron chi connectivity index (χ2n) is 7.14. The van der Waals surface area contributed by atoms with Gasteiger partial charge in [0.15, 0.2) is 5.96 Å². The highest BCUT2D eigenvalue weighted by Gasteiger charge is 2.07. The van der Waals surface area contributed by atoms with Gasteiger partial charge in [-0.15, -0.1) is 0 Å². The van der Waals surface area contributed by atoms with E-state index in [-0.39, 0.29) is 24.0 Å². The molecule has 4 N–H and O–H groups in total. The molecule has 0 aliphatic rings. The summed E-state index contributed by atoms with van der Waals surface area (Å²) in [6.45, 7) is 6.78. The Bertz CT molecular complexity index is 840. The third-order valence-electron chi connectivity index (χ3n) is 4.01. The molecule has 2 amide bonds. The summed E-state index contributed by atoms with van der Waals surface area (Å²) in [4.78, 5) is 15.9. The van der Waals surface area contributed by atoms with Gasteiger partial charge in [-0.25, -0.2) is 9.18 Å². The molecule has 0 aliphatic carbocycles. The van der Waals surface area contributed by atoms with E-state index in [1.807, 2.05) is 45.0 Å². The Kier molecular flexibility index (Phi) is 8.93. The number of rotatable bonds is 8. The van der Waals surface area contributed by atoms with Gasteiger partial charge in [-0.05, 0) is 50.6 Å². The van der Waals surface area contributed by atoms with Gasteiger partial charge in [-0.1, -0.05) is 18.2 Å². The first-order valence-corrected chi connectivity index (χ1v) is 9.89. The average Bonchev–Trinajstić information content (AvgIpc) is 2.68. The number of ether oxygens (including phenoxy) is 1. The van der Waals surface area contributed by atoms with Gasteiger partial charge >= 0.3 is 6.03 Å². The normalized spacial score (nSPS) is 12.3. The minimum atomic E-state index is -0.327. The molecule has 2 aromatic carbocycles. The number of hydrogen-bond acceptors (Lipinski definition) is 3. The fraction of sp³-hybridized carbons (Fsp3) is 0.364. The van der Waals surface area contributed by atoms with Crippen molar-refractivity contribution in [3.05, 3.63) is 59.9 Å². The molecule has 2 aromatic rings. The lowest BCUT2D eigenvalue weighted by Gasteiger charge is -2.18. The molecule has 0 spiro atoms. The third-order valence-corrected chi connectivity index (χ3v) is 4.01. The van der Waals surface area contributed by atoms with Crippen molar-refractivity contribution in [2.24, 2.45) is 4.99 Å². The second-order valence-corrected chi connectivity index (χ2v) is 7.14. The van der Waals surface area contributed by atoms with Crippen molar-refractivity contribution in [3.63, 3.8) is 0 Å². The van der Waals surface area contributed by atoms with Crippen LogP contribution in [0.3, 0.4) is 0 Å². The Balaban J connectivity index is 1.76. The van der Waals surface area contributed by atoms with Crippen molar-refractivity contribution < 1.29 is 13.9 Å². The molecule has 0 heterocycles. The maximum atomic E-state index is 13.2. The van der Waals surface area contributed by atoms with E-state index in [4.69, 9.17) is 4.74 Å². The highest BCUT2D eigenvalue weighted by molar-refractivity contribution is 5.89. The lowest BCUT2D eigenvalue weighted by atomic mass is 10.2. The first kappa shape index (κ1) is 23.0. The molecular weight excluding hydrogens is 385 g/mol. The first-order chi connectivity index (χ1) is 14.4. The van der Waals surface area contributed by atoms with E-state index < -0.39 is 0 Å². The minimum Gasteiger partial charge on any atom is -0.489 e. The van der Waals surface area contributed by atoms with E-state index in [0.717, 1.165) is 11.3 Å². The van der Waals surface area contributed by atoms with Crippen LogP contribution in [0.4, 0.5) is 14.9 Å². The Labute approximate surface area is 177 Å². The van der Waals surface area contributed by atoms with E-state index in [9.17, 15) is 9.18 Å². The summed E-state index contributed by atoms with van der Waals surface area (Å²) in [5.74, 6) is 0.790. The summed E-state index contributed by atoms with van der Waals surface area (Å²) in [6, 6.07) is 13.5. The molecule has 30 heavy (non-hydrogen) atoms. The van der Waals surface area contributed by atoms with Gasteiger partial charge in [0.25, 0.3) is 0 Å². The topological polar surface area (TPSA) is 86.8 Å². The quantitative estimate of drug-likeness (QED) is 0.393. The van der Waals surface area contributed by atoms with Gasteiger partial charge in [-0.3, -0.25) is 4.99 Å². The summed E-state index contributed by atoms with van der Waals surface area (Å²) < 4.78 is 18.9. The Morgan fingerprint density at radius 3 is 2.47 bits per heavy atom. The largest absolute Gasteiger partial charge is 0.489 e. The van der Waals surface area contributed by atoms with Crippen LogP contribution in [0.15, 0.2) is 53.5 Å². The number of carbonyl (C=O) groups excluding carboxylic acids is 1. The standard InChI is InChI=1S/C22H30FN5O2/c1-15(2)27-22(29)28-19-10-8-17(9-11-19)14-26-21(24-4)25-13-16(3)30-20-7-5-6-18(23)12-20/h5-12,15-16H,13-14H2,1-4H3,(H2,24,25,26)(H2,27,28,29). The van der Waals surface area contributed by atoms with Crippen molar-refractivity contribution in [1.82, 2.24) is 16.0 Å². The van der Waals surface area contributed by atoms with E-state index in [0.29, 0.717) is 24.8 Å². The number of anilines is 1. The van der Waals surface area contributed by atoms with Gasteiger partial charge in [0, 0.05) is 31.4 Å². The maximum absolute atomic E-state index is 13.2. The number of nitrogens with zero attached hydrogens (tertiary/aromatic N) is 1. The summed E-state index contributed by atoms with van der Waals surface area (Å²) in [5.41, 5.74) is 1.76. The molecule has 162 valence electrons. The molecule has 0 aliphatic heterocycles. The highest BCUT2D eigenvalue weighted by Crippen LogP contribution is 2.13. The minimum absolute atomic E-state index is 0.0784. The lowest BCUT2D eigenvalue weighted by Crippen LogP contribution is -2.41. The summed E-state index contributed by atoms with van der Waals surface area (Å²) >= 11 is 0.